The zero-order valence-corrected chi connectivity index (χ0v) is 19.4. The summed E-state index contributed by atoms with van der Waals surface area (Å²) in [7, 11) is 0. The van der Waals surface area contributed by atoms with Gasteiger partial charge in [0.25, 0.3) is 0 Å². The summed E-state index contributed by atoms with van der Waals surface area (Å²) in [5.74, 6) is 2.15. The van der Waals surface area contributed by atoms with E-state index in [0.717, 1.165) is 24.9 Å². The van der Waals surface area contributed by atoms with Crippen LogP contribution in [0.25, 0.3) is 0 Å². The molecule has 29 heavy (non-hydrogen) atoms. The van der Waals surface area contributed by atoms with E-state index in [-0.39, 0.29) is 6.10 Å². The Morgan fingerprint density at radius 2 is 1.86 bits per heavy atom. The summed E-state index contributed by atoms with van der Waals surface area (Å²) in [6.45, 7) is 10.4. The SMILES string of the molecule is CC(C)CCOC(C)C1CCC2/C(=C/C=C3/CCC4(CC4)C(O)C3)CCCC21C. The fraction of sp³-hybridized carbons (Fsp3) is 0.852. The molecule has 164 valence electrons. The molecule has 2 nitrogen and oxygen atoms in total. The van der Waals surface area contributed by atoms with Gasteiger partial charge in [0.05, 0.1) is 12.2 Å². The largest absolute Gasteiger partial charge is 0.392 e. The third-order valence-electron chi connectivity index (χ3n) is 9.21. The van der Waals surface area contributed by atoms with E-state index in [0.29, 0.717) is 22.9 Å². The summed E-state index contributed by atoms with van der Waals surface area (Å²) in [5, 5.41) is 10.5. The Morgan fingerprint density at radius 3 is 2.55 bits per heavy atom. The molecule has 0 aromatic heterocycles. The van der Waals surface area contributed by atoms with Crippen molar-refractivity contribution in [1.82, 2.24) is 0 Å². The number of fused-ring (bicyclic) bond motifs is 1. The van der Waals surface area contributed by atoms with Gasteiger partial charge in [0.1, 0.15) is 0 Å². The minimum Gasteiger partial charge on any atom is -0.392 e. The standard InChI is InChI=1S/C27H44O2/c1-19(2)12-17-29-20(3)23-9-10-24-22(6-5-13-26(23,24)4)8-7-21-11-14-27(15-16-27)25(28)18-21/h7-8,19-20,23-25,28H,5-6,9-18H2,1-4H3/b21-7-,22-8+. The highest BCUT2D eigenvalue weighted by molar-refractivity contribution is 5.27. The maximum absolute atomic E-state index is 10.5. The van der Waals surface area contributed by atoms with E-state index < -0.39 is 0 Å². The lowest BCUT2D eigenvalue weighted by molar-refractivity contribution is -0.0279. The molecule has 0 bridgehead atoms. The van der Waals surface area contributed by atoms with Gasteiger partial charge in [-0.2, -0.15) is 0 Å². The molecule has 4 aliphatic carbocycles. The number of rotatable bonds is 6. The van der Waals surface area contributed by atoms with Gasteiger partial charge in [0, 0.05) is 6.61 Å². The Bertz CT molecular complexity index is 641. The van der Waals surface area contributed by atoms with E-state index in [9.17, 15) is 5.11 Å². The first-order chi connectivity index (χ1) is 13.8. The van der Waals surface area contributed by atoms with E-state index in [1.54, 1.807) is 5.57 Å². The van der Waals surface area contributed by atoms with Crippen molar-refractivity contribution in [3.8, 4) is 0 Å². The summed E-state index contributed by atoms with van der Waals surface area (Å²) in [4.78, 5) is 0. The molecular weight excluding hydrogens is 356 g/mol. The average Bonchev–Trinajstić information content (AvgIpc) is 3.36. The van der Waals surface area contributed by atoms with Crippen LogP contribution in [0.15, 0.2) is 23.3 Å². The molecule has 0 aromatic carbocycles. The van der Waals surface area contributed by atoms with Gasteiger partial charge in [-0.05, 0) is 106 Å². The lowest BCUT2D eigenvalue weighted by Gasteiger charge is -2.44. The van der Waals surface area contributed by atoms with E-state index >= 15 is 0 Å². The van der Waals surface area contributed by atoms with Crippen LogP contribution in [-0.2, 0) is 4.74 Å². The van der Waals surface area contributed by atoms with Crippen molar-refractivity contribution in [2.24, 2.45) is 28.6 Å². The lowest BCUT2D eigenvalue weighted by atomic mass is 9.62. The molecule has 0 saturated heterocycles. The third kappa shape index (κ3) is 4.40. The summed E-state index contributed by atoms with van der Waals surface area (Å²) in [5.41, 5.74) is 3.89. The van der Waals surface area contributed by atoms with Crippen molar-refractivity contribution < 1.29 is 9.84 Å². The summed E-state index contributed by atoms with van der Waals surface area (Å²) in [6.07, 6.45) is 18.8. The predicted molar refractivity (Wildman–Crippen MR) is 121 cm³/mol. The van der Waals surface area contributed by atoms with Crippen molar-refractivity contribution in [3.63, 3.8) is 0 Å². The van der Waals surface area contributed by atoms with Crippen molar-refractivity contribution in [1.29, 1.82) is 0 Å². The normalized spacial score (nSPS) is 40.0. The molecule has 4 saturated carbocycles. The second-order valence-electron chi connectivity index (χ2n) is 11.5. The van der Waals surface area contributed by atoms with Crippen LogP contribution < -0.4 is 0 Å². The molecule has 0 radical (unpaired) electrons. The molecule has 4 fully saturated rings. The highest BCUT2D eigenvalue weighted by atomic mass is 16.5. The third-order valence-corrected chi connectivity index (χ3v) is 9.21. The maximum atomic E-state index is 10.5. The molecule has 1 spiro atoms. The predicted octanol–water partition coefficient (Wildman–Crippen LogP) is 6.83. The maximum Gasteiger partial charge on any atom is 0.0633 e. The van der Waals surface area contributed by atoms with Gasteiger partial charge in [0.15, 0.2) is 0 Å². The van der Waals surface area contributed by atoms with Crippen molar-refractivity contribution in [2.75, 3.05) is 6.61 Å². The first-order valence-corrected chi connectivity index (χ1v) is 12.5. The number of aliphatic hydroxyl groups is 1. The monoisotopic (exact) mass is 400 g/mol. The Balaban J connectivity index is 1.40. The van der Waals surface area contributed by atoms with Crippen LogP contribution in [0, 0.1) is 28.6 Å². The summed E-state index contributed by atoms with van der Waals surface area (Å²) in [6, 6.07) is 0. The molecule has 0 aromatic rings. The summed E-state index contributed by atoms with van der Waals surface area (Å²) < 4.78 is 6.32. The number of hydrogen-bond donors (Lipinski definition) is 1. The molecule has 0 heterocycles. The fourth-order valence-electron chi connectivity index (χ4n) is 6.92. The smallest absolute Gasteiger partial charge is 0.0633 e. The molecule has 2 heteroatoms. The fourth-order valence-corrected chi connectivity index (χ4v) is 6.92. The lowest BCUT2D eigenvalue weighted by Crippen LogP contribution is -2.38. The van der Waals surface area contributed by atoms with Gasteiger partial charge in [-0.1, -0.05) is 44.1 Å². The van der Waals surface area contributed by atoms with Crippen molar-refractivity contribution >= 4 is 0 Å². The van der Waals surface area contributed by atoms with Crippen molar-refractivity contribution in [3.05, 3.63) is 23.3 Å². The van der Waals surface area contributed by atoms with Crippen LogP contribution in [0.2, 0.25) is 0 Å². The molecule has 5 atom stereocenters. The van der Waals surface area contributed by atoms with E-state index in [2.05, 4.69) is 39.8 Å². The Hall–Kier alpha value is -0.600. The van der Waals surface area contributed by atoms with Crippen LogP contribution >= 0.6 is 0 Å². The van der Waals surface area contributed by atoms with Crippen LogP contribution in [0.4, 0.5) is 0 Å². The number of allylic oxidation sites excluding steroid dienone is 3. The van der Waals surface area contributed by atoms with Gasteiger partial charge >= 0.3 is 0 Å². The van der Waals surface area contributed by atoms with Gasteiger partial charge in [-0.25, -0.2) is 0 Å². The summed E-state index contributed by atoms with van der Waals surface area (Å²) >= 11 is 0. The molecule has 0 aliphatic heterocycles. The molecule has 4 rings (SSSR count). The van der Waals surface area contributed by atoms with E-state index in [1.165, 1.54) is 69.8 Å². The van der Waals surface area contributed by atoms with E-state index in [4.69, 9.17) is 4.74 Å². The van der Waals surface area contributed by atoms with Crippen LogP contribution in [0.5, 0.6) is 0 Å². The van der Waals surface area contributed by atoms with Crippen LogP contribution in [-0.4, -0.2) is 23.9 Å². The number of aliphatic hydroxyl groups excluding tert-OH is 1. The van der Waals surface area contributed by atoms with Gasteiger partial charge in [0.2, 0.25) is 0 Å². The molecular formula is C27H44O2. The molecule has 1 N–H and O–H groups in total. The first-order valence-electron chi connectivity index (χ1n) is 12.5. The van der Waals surface area contributed by atoms with E-state index in [1.807, 2.05) is 0 Å². The zero-order valence-electron chi connectivity index (χ0n) is 19.4. The number of ether oxygens (including phenoxy) is 1. The van der Waals surface area contributed by atoms with Gasteiger partial charge in [-0.3, -0.25) is 0 Å². The Labute approximate surface area is 179 Å². The molecule has 0 amide bonds. The highest BCUT2D eigenvalue weighted by Crippen LogP contribution is 2.59. The first kappa shape index (κ1) is 21.6. The number of hydrogen-bond acceptors (Lipinski definition) is 2. The van der Waals surface area contributed by atoms with Gasteiger partial charge in [-0.15, -0.1) is 0 Å². The topological polar surface area (TPSA) is 29.5 Å². The molecule has 5 unspecified atom stereocenters. The second kappa shape index (κ2) is 8.50. The average molecular weight is 401 g/mol. The minimum atomic E-state index is -0.0859. The Kier molecular flexibility index (Phi) is 6.34. The minimum absolute atomic E-state index is 0.0859. The van der Waals surface area contributed by atoms with Crippen LogP contribution in [0.3, 0.4) is 0 Å². The quantitative estimate of drug-likeness (QED) is 0.529. The van der Waals surface area contributed by atoms with Crippen molar-refractivity contribution in [2.45, 2.75) is 111 Å². The van der Waals surface area contributed by atoms with Crippen LogP contribution in [0.1, 0.15) is 98.3 Å². The Morgan fingerprint density at radius 1 is 1.07 bits per heavy atom. The molecule has 4 aliphatic rings. The van der Waals surface area contributed by atoms with Gasteiger partial charge < -0.3 is 9.84 Å². The second-order valence-corrected chi connectivity index (χ2v) is 11.5. The zero-order chi connectivity index (χ0) is 20.6. The highest BCUT2D eigenvalue weighted by Gasteiger charge is 2.52.